The van der Waals surface area contributed by atoms with E-state index in [1.54, 1.807) is 18.1 Å². The average Bonchev–Trinajstić information content (AvgIpc) is 3.01. The Kier molecular flexibility index (Phi) is 4.42. The first-order valence-electron chi connectivity index (χ1n) is 9.90. The van der Waals surface area contributed by atoms with Crippen LogP contribution in [-0.4, -0.2) is 53.3 Å². The number of carbonyl (C=O) groups is 2. The van der Waals surface area contributed by atoms with E-state index in [1.807, 2.05) is 26.0 Å². The quantitative estimate of drug-likeness (QED) is 0.765. The van der Waals surface area contributed by atoms with Crippen molar-refractivity contribution in [3.8, 4) is 11.5 Å². The molecule has 1 N–H and O–H groups in total. The summed E-state index contributed by atoms with van der Waals surface area (Å²) in [6.07, 6.45) is 1.78. The number of aryl methyl sites for hydroxylation is 1. The van der Waals surface area contributed by atoms with Crippen molar-refractivity contribution < 1.29 is 28.9 Å². The highest BCUT2D eigenvalue weighted by Gasteiger charge is 2.69. The summed E-state index contributed by atoms with van der Waals surface area (Å²) in [5, 5.41) is 12.1. The van der Waals surface area contributed by atoms with Gasteiger partial charge in [-0.05, 0) is 38.0 Å². The molecular weight excluding hydrogens is 374 g/mol. The Labute approximate surface area is 170 Å². The Morgan fingerprint density at radius 1 is 1.31 bits per heavy atom. The highest BCUT2D eigenvalue weighted by Crippen LogP contribution is 2.62. The summed E-state index contributed by atoms with van der Waals surface area (Å²) >= 11 is 0. The lowest BCUT2D eigenvalue weighted by molar-refractivity contribution is -0.173. The summed E-state index contributed by atoms with van der Waals surface area (Å²) in [6.45, 7) is 7.19. The van der Waals surface area contributed by atoms with Gasteiger partial charge in [-0.1, -0.05) is 6.07 Å². The zero-order valence-corrected chi connectivity index (χ0v) is 17.4. The Hall–Kier alpha value is -2.54. The summed E-state index contributed by atoms with van der Waals surface area (Å²) in [7, 11) is 1.57. The van der Waals surface area contributed by atoms with Crippen LogP contribution in [0.2, 0.25) is 0 Å². The van der Waals surface area contributed by atoms with Crippen molar-refractivity contribution in [1.82, 2.24) is 4.90 Å². The van der Waals surface area contributed by atoms with Crippen LogP contribution < -0.4 is 9.47 Å². The van der Waals surface area contributed by atoms with Crippen molar-refractivity contribution >= 4 is 11.9 Å². The number of hydrogen-bond acceptors (Lipinski definition) is 6. The van der Waals surface area contributed by atoms with Crippen LogP contribution >= 0.6 is 0 Å². The second-order valence-electron chi connectivity index (χ2n) is 8.22. The molecule has 4 atom stereocenters. The first-order valence-corrected chi connectivity index (χ1v) is 9.90. The van der Waals surface area contributed by atoms with Gasteiger partial charge in [0.15, 0.2) is 17.6 Å². The molecule has 1 aliphatic carbocycles. The van der Waals surface area contributed by atoms with E-state index >= 15 is 0 Å². The van der Waals surface area contributed by atoms with Crippen LogP contribution in [0.5, 0.6) is 11.5 Å². The minimum atomic E-state index is -1.28. The number of piperidine rings is 1. The summed E-state index contributed by atoms with van der Waals surface area (Å²) in [5.41, 5.74) is -0.300. The highest BCUT2D eigenvalue weighted by atomic mass is 16.6. The van der Waals surface area contributed by atoms with E-state index in [4.69, 9.17) is 14.2 Å². The van der Waals surface area contributed by atoms with Gasteiger partial charge in [0.1, 0.15) is 11.4 Å². The molecule has 3 aliphatic rings. The van der Waals surface area contributed by atoms with E-state index in [1.165, 1.54) is 13.8 Å². The molecule has 1 aromatic rings. The van der Waals surface area contributed by atoms with Gasteiger partial charge in [0.2, 0.25) is 5.91 Å². The molecule has 2 aliphatic heterocycles. The number of amides is 1. The monoisotopic (exact) mass is 401 g/mol. The van der Waals surface area contributed by atoms with Crippen LogP contribution in [0.15, 0.2) is 24.0 Å². The van der Waals surface area contributed by atoms with E-state index < -0.39 is 29.1 Å². The number of fused-ring (bicyclic) bond motifs is 1. The number of carbonyl (C=O) groups excluding carboxylic acids is 2. The van der Waals surface area contributed by atoms with Gasteiger partial charge in [0, 0.05) is 32.4 Å². The van der Waals surface area contributed by atoms with E-state index in [9.17, 15) is 14.7 Å². The van der Waals surface area contributed by atoms with Crippen LogP contribution in [-0.2, 0) is 19.7 Å². The van der Waals surface area contributed by atoms with Gasteiger partial charge in [-0.25, -0.2) is 0 Å². The number of nitrogens with zero attached hydrogens (tertiary/aromatic N) is 1. The number of hydrogen-bond donors (Lipinski definition) is 1. The molecule has 0 unspecified atom stereocenters. The molecule has 0 radical (unpaired) electrons. The predicted octanol–water partition coefficient (Wildman–Crippen LogP) is 2.22. The zero-order valence-electron chi connectivity index (χ0n) is 17.4. The molecule has 1 aromatic carbocycles. The summed E-state index contributed by atoms with van der Waals surface area (Å²) < 4.78 is 17.4. The molecule has 29 heavy (non-hydrogen) atoms. The second kappa shape index (κ2) is 6.49. The number of benzene rings is 1. The van der Waals surface area contributed by atoms with Crippen LogP contribution in [0.3, 0.4) is 0 Å². The van der Waals surface area contributed by atoms with Gasteiger partial charge < -0.3 is 24.2 Å². The fraction of sp³-hybridized carbons (Fsp3) is 0.545. The van der Waals surface area contributed by atoms with Gasteiger partial charge in [0.25, 0.3) is 0 Å². The molecule has 0 aromatic heterocycles. The van der Waals surface area contributed by atoms with Crippen molar-refractivity contribution in [2.24, 2.45) is 0 Å². The van der Waals surface area contributed by atoms with Gasteiger partial charge in [-0.2, -0.15) is 0 Å². The number of methoxy groups -OCH3 is 1. The lowest BCUT2D eigenvalue weighted by Gasteiger charge is -2.58. The maximum atomic E-state index is 12.2. The van der Waals surface area contributed by atoms with Crippen molar-refractivity contribution in [2.45, 2.75) is 63.7 Å². The Balaban J connectivity index is 1.98. The first kappa shape index (κ1) is 19.8. The molecule has 1 saturated heterocycles. The van der Waals surface area contributed by atoms with Crippen molar-refractivity contribution in [1.29, 1.82) is 0 Å². The molecule has 7 nitrogen and oxygen atoms in total. The molecule has 2 heterocycles. The highest BCUT2D eigenvalue weighted by molar-refractivity contribution is 5.75. The van der Waals surface area contributed by atoms with Gasteiger partial charge in [-0.3, -0.25) is 9.59 Å². The molecular formula is C22H27NO6. The van der Waals surface area contributed by atoms with Gasteiger partial charge in [-0.15, -0.1) is 0 Å². The van der Waals surface area contributed by atoms with Gasteiger partial charge >= 0.3 is 5.97 Å². The molecule has 1 amide bonds. The number of esters is 1. The topological polar surface area (TPSA) is 85.3 Å². The van der Waals surface area contributed by atoms with Gasteiger partial charge in [0.05, 0.1) is 18.6 Å². The van der Waals surface area contributed by atoms with Crippen molar-refractivity contribution in [3.05, 3.63) is 35.1 Å². The Bertz CT molecular complexity index is 924. The number of rotatable bonds is 2. The smallest absolute Gasteiger partial charge is 0.307 e. The summed E-state index contributed by atoms with van der Waals surface area (Å²) in [5.74, 6) is 1.03. The minimum Gasteiger partial charge on any atom is -0.493 e. The number of ether oxygens (including phenoxy) is 3. The first-order chi connectivity index (χ1) is 13.7. The third-order valence-corrected chi connectivity index (χ3v) is 6.90. The minimum absolute atomic E-state index is 0.0754. The molecule has 7 heteroatoms. The standard InChI is InChI=1S/C22H27NO6/c1-12-6-7-16(27-5)19-18(12)21-10-11-23(14(3)24)13(2)22(21,26)9-8-17(20(21)29-19)28-15(4)25/h6-8,13,20,26H,9-11H2,1-5H3/t13-,20+,21+,22-/m0/s1. The number of likely N-dealkylation sites (tertiary alicyclic amines) is 1. The van der Waals surface area contributed by atoms with Crippen LogP contribution in [0.25, 0.3) is 0 Å². The van der Waals surface area contributed by atoms with Crippen LogP contribution in [0.4, 0.5) is 0 Å². The molecule has 156 valence electrons. The van der Waals surface area contributed by atoms with Crippen molar-refractivity contribution in [3.63, 3.8) is 0 Å². The fourth-order valence-electron chi connectivity index (χ4n) is 5.59. The van der Waals surface area contributed by atoms with Crippen molar-refractivity contribution in [2.75, 3.05) is 13.7 Å². The van der Waals surface area contributed by atoms with E-state index in [2.05, 4.69) is 0 Å². The van der Waals surface area contributed by atoms with Crippen LogP contribution in [0, 0.1) is 6.92 Å². The molecule has 4 rings (SSSR count). The lowest BCUT2D eigenvalue weighted by atomic mass is 9.54. The third kappa shape index (κ3) is 2.46. The zero-order chi connectivity index (χ0) is 21.1. The molecule has 1 fully saturated rings. The second-order valence-corrected chi connectivity index (χ2v) is 8.22. The Morgan fingerprint density at radius 2 is 2.03 bits per heavy atom. The summed E-state index contributed by atoms with van der Waals surface area (Å²) in [4.78, 5) is 25.7. The maximum Gasteiger partial charge on any atom is 0.307 e. The Morgan fingerprint density at radius 3 is 2.66 bits per heavy atom. The SMILES string of the molecule is COc1ccc(C)c2c1O[C@@H]1C(OC(C)=O)=CC[C@]3(O)[C@H](C)N(C(C)=O)CC[C@@]213. The molecule has 0 bridgehead atoms. The third-order valence-electron chi connectivity index (χ3n) is 6.90. The van der Waals surface area contributed by atoms with E-state index in [-0.39, 0.29) is 12.3 Å². The van der Waals surface area contributed by atoms with Crippen LogP contribution in [0.1, 0.15) is 44.7 Å². The largest absolute Gasteiger partial charge is 0.493 e. The predicted molar refractivity (Wildman–Crippen MR) is 105 cm³/mol. The summed E-state index contributed by atoms with van der Waals surface area (Å²) in [6, 6.07) is 3.35. The molecule has 1 spiro atoms. The average molecular weight is 401 g/mol. The fourth-order valence-corrected chi connectivity index (χ4v) is 5.59. The lowest BCUT2D eigenvalue weighted by Crippen LogP contribution is -2.72. The maximum absolute atomic E-state index is 12.2. The van der Waals surface area contributed by atoms with E-state index in [0.29, 0.717) is 30.2 Å². The molecule has 0 saturated carbocycles. The number of aliphatic hydroxyl groups is 1. The normalized spacial score (nSPS) is 32.3. The van der Waals surface area contributed by atoms with E-state index in [0.717, 1.165) is 11.1 Å².